The Labute approximate surface area is 85.4 Å². The number of hydrogen-bond donors (Lipinski definition) is 2. The third-order valence-corrected chi connectivity index (χ3v) is 1.63. The molecule has 1 aromatic rings. The standard InChI is InChI=1S/C7H11N5O3/c1-12(2)4(13)3-9-7(14)5-6(8)11-15-10-5/h3H2,1-2H3,(H2,8,11)(H,9,14). The summed E-state index contributed by atoms with van der Waals surface area (Å²) in [6.07, 6.45) is 0. The number of amides is 2. The van der Waals surface area contributed by atoms with Gasteiger partial charge in [-0.05, 0) is 10.3 Å². The minimum atomic E-state index is -0.594. The molecule has 15 heavy (non-hydrogen) atoms. The monoisotopic (exact) mass is 213 g/mol. The van der Waals surface area contributed by atoms with Gasteiger partial charge in [0.25, 0.3) is 5.91 Å². The molecule has 0 spiro atoms. The van der Waals surface area contributed by atoms with Crippen molar-refractivity contribution in [1.29, 1.82) is 0 Å². The van der Waals surface area contributed by atoms with E-state index in [9.17, 15) is 9.59 Å². The quantitative estimate of drug-likeness (QED) is 0.629. The van der Waals surface area contributed by atoms with Crippen LogP contribution in [0.15, 0.2) is 4.63 Å². The minimum Gasteiger partial charge on any atom is -0.379 e. The van der Waals surface area contributed by atoms with Crippen LogP contribution in [0.4, 0.5) is 5.82 Å². The SMILES string of the molecule is CN(C)C(=O)CNC(=O)c1nonc1N. The Morgan fingerprint density at radius 1 is 1.47 bits per heavy atom. The summed E-state index contributed by atoms with van der Waals surface area (Å²) >= 11 is 0. The lowest BCUT2D eigenvalue weighted by Crippen LogP contribution is -2.36. The molecule has 0 unspecified atom stereocenters. The molecule has 0 aliphatic heterocycles. The van der Waals surface area contributed by atoms with Gasteiger partial charge in [0.05, 0.1) is 6.54 Å². The molecule has 0 radical (unpaired) electrons. The third kappa shape index (κ3) is 2.66. The number of hydrogen-bond acceptors (Lipinski definition) is 6. The van der Waals surface area contributed by atoms with Crippen molar-refractivity contribution < 1.29 is 14.2 Å². The highest BCUT2D eigenvalue weighted by Gasteiger charge is 2.16. The Balaban J connectivity index is 2.51. The minimum absolute atomic E-state index is 0.107. The first-order chi connectivity index (χ1) is 7.02. The topological polar surface area (TPSA) is 114 Å². The van der Waals surface area contributed by atoms with Crippen molar-refractivity contribution in [3.8, 4) is 0 Å². The molecule has 1 aromatic heterocycles. The maximum absolute atomic E-state index is 11.3. The van der Waals surface area contributed by atoms with Gasteiger partial charge in [0, 0.05) is 14.1 Å². The lowest BCUT2D eigenvalue weighted by molar-refractivity contribution is -0.127. The van der Waals surface area contributed by atoms with E-state index in [1.807, 2.05) is 0 Å². The fraction of sp³-hybridized carbons (Fsp3) is 0.429. The Morgan fingerprint density at radius 3 is 2.60 bits per heavy atom. The molecular formula is C7H11N5O3. The smallest absolute Gasteiger partial charge is 0.277 e. The van der Waals surface area contributed by atoms with Gasteiger partial charge in [0.1, 0.15) is 0 Å². The molecular weight excluding hydrogens is 202 g/mol. The lowest BCUT2D eigenvalue weighted by atomic mass is 10.4. The first kappa shape index (κ1) is 11.0. The van der Waals surface area contributed by atoms with Gasteiger partial charge in [-0.25, -0.2) is 4.63 Å². The number of anilines is 1. The van der Waals surface area contributed by atoms with Crippen molar-refractivity contribution in [3.05, 3.63) is 5.69 Å². The van der Waals surface area contributed by atoms with Gasteiger partial charge in [-0.1, -0.05) is 0 Å². The predicted octanol–water partition coefficient (Wildman–Crippen LogP) is -1.53. The van der Waals surface area contributed by atoms with E-state index in [-0.39, 0.29) is 24.0 Å². The van der Waals surface area contributed by atoms with Gasteiger partial charge in [0.15, 0.2) is 0 Å². The average Bonchev–Trinajstić information content (AvgIpc) is 2.60. The summed E-state index contributed by atoms with van der Waals surface area (Å²) in [6.45, 7) is -0.127. The highest BCUT2D eigenvalue weighted by atomic mass is 16.6. The van der Waals surface area contributed by atoms with Crippen molar-refractivity contribution in [2.75, 3.05) is 26.4 Å². The van der Waals surface area contributed by atoms with Crippen LogP contribution in [0.1, 0.15) is 10.5 Å². The molecule has 2 amide bonds. The summed E-state index contributed by atoms with van der Waals surface area (Å²) in [5.41, 5.74) is 5.16. The van der Waals surface area contributed by atoms with E-state index in [1.165, 1.54) is 4.90 Å². The number of nitrogens with zero attached hydrogens (tertiary/aromatic N) is 3. The number of carbonyl (C=O) groups excluding carboxylic acids is 2. The molecule has 8 heteroatoms. The van der Waals surface area contributed by atoms with Crippen molar-refractivity contribution >= 4 is 17.6 Å². The maximum atomic E-state index is 11.3. The summed E-state index contributed by atoms with van der Waals surface area (Å²) < 4.78 is 4.24. The van der Waals surface area contributed by atoms with E-state index in [0.29, 0.717) is 0 Å². The number of nitrogens with one attached hydrogen (secondary N) is 1. The average molecular weight is 213 g/mol. The van der Waals surface area contributed by atoms with Gasteiger partial charge in [0.2, 0.25) is 17.4 Å². The van der Waals surface area contributed by atoms with Gasteiger partial charge >= 0.3 is 0 Å². The van der Waals surface area contributed by atoms with E-state index in [1.54, 1.807) is 14.1 Å². The Morgan fingerprint density at radius 2 is 2.13 bits per heavy atom. The summed E-state index contributed by atoms with van der Waals surface area (Å²) in [4.78, 5) is 23.8. The van der Waals surface area contributed by atoms with Crippen LogP contribution in [0.3, 0.4) is 0 Å². The van der Waals surface area contributed by atoms with Crippen molar-refractivity contribution in [2.24, 2.45) is 0 Å². The van der Waals surface area contributed by atoms with Crippen LogP contribution >= 0.6 is 0 Å². The molecule has 1 rings (SSSR count). The molecule has 0 fully saturated rings. The highest BCUT2D eigenvalue weighted by molar-refractivity contribution is 5.97. The fourth-order valence-corrected chi connectivity index (χ4v) is 0.751. The second-order valence-corrected chi connectivity index (χ2v) is 2.97. The first-order valence-electron chi connectivity index (χ1n) is 4.08. The number of likely N-dealkylation sites (N-methyl/N-ethyl adjacent to an activating group) is 1. The van der Waals surface area contributed by atoms with E-state index in [0.717, 1.165) is 0 Å². The largest absolute Gasteiger partial charge is 0.379 e. The lowest BCUT2D eigenvalue weighted by Gasteiger charge is -2.09. The summed E-state index contributed by atoms with van der Waals surface area (Å²) in [6, 6.07) is 0. The summed E-state index contributed by atoms with van der Waals surface area (Å²) in [7, 11) is 3.17. The van der Waals surface area contributed by atoms with Crippen molar-refractivity contribution in [3.63, 3.8) is 0 Å². The zero-order valence-electron chi connectivity index (χ0n) is 8.35. The molecule has 0 aliphatic carbocycles. The fourth-order valence-electron chi connectivity index (χ4n) is 0.751. The zero-order valence-corrected chi connectivity index (χ0v) is 8.35. The molecule has 3 N–H and O–H groups in total. The first-order valence-corrected chi connectivity index (χ1v) is 4.08. The molecule has 0 atom stereocenters. The summed E-state index contributed by atoms with van der Waals surface area (Å²) in [5.74, 6) is -0.938. The molecule has 1 heterocycles. The third-order valence-electron chi connectivity index (χ3n) is 1.63. The molecule has 0 saturated heterocycles. The summed E-state index contributed by atoms with van der Waals surface area (Å²) in [5, 5.41) is 8.86. The number of nitrogen functional groups attached to an aromatic ring is 1. The van der Waals surface area contributed by atoms with E-state index in [2.05, 4.69) is 20.3 Å². The van der Waals surface area contributed by atoms with Crippen LogP contribution in [-0.4, -0.2) is 47.7 Å². The number of aromatic nitrogens is 2. The van der Waals surface area contributed by atoms with Gasteiger partial charge in [-0.2, -0.15) is 0 Å². The number of carbonyl (C=O) groups is 2. The van der Waals surface area contributed by atoms with Crippen LogP contribution in [-0.2, 0) is 4.79 Å². The van der Waals surface area contributed by atoms with E-state index in [4.69, 9.17) is 5.73 Å². The van der Waals surface area contributed by atoms with Crippen LogP contribution in [0, 0.1) is 0 Å². The Bertz CT molecular complexity index is 372. The van der Waals surface area contributed by atoms with Crippen LogP contribution < -0.4 is 11.1 Å². The van der Waals surface area contributed by atoms with E-state index >= 15 is 0 Å². The van der Waals surface area contributed by atoms with E-state index < -0.39 is 5.91 Å². The second-order valence-electron chi connectivity index (χ2n) is 2.97. The molecule has 8 nitrogen and oxygen atoms in total. The number of nitrogens with two attached hydrogens (primary N) is 1. The Hall–Kier alpha value is -2.12. The van der Waals surface area contributed by atoms with Gasteiger partial charge in [-0.3, -0.25) is 9.59 Å². The van der Waals surface area contributed by atoms with Gasteiger partial charge < -0.3 is 16.0 Å². The zero-order chi connectivity index (χ0) is 11.4. The highest BCUT2D eigenvalue weighted by Crippen LogP contribution is 2.02. The van der Waals surface area contributed by atoms with Crippen molar-refractivity contribution in [2.45, 2.75) is 0 Å². The molecule has 0 saturated carbocycles. The Kier molecular flexibility index (Phi) is 3.21. The molecule has 0 aromatic carbocycles. The van der Waals surface area contributed by atoms with Gasteiger partial charge in [-0.15, -0.1) is 0 Å². The van der Waals surface area contributed by atoms with Crippen LogP contribution in [0.5, 0.6) is 0 Å². The second kappa shape index (κ2) is 4.40. The molecule has 82 valence electrons. The number of rotatable bonds is 3. The molecule has 0 bridgehead atoms. The molecule has 0 aliphatic rings. The normalized spacial score (nSPS) is 9.73. The maximum Gasteiger partial charge on any atom is 0.277 e. The van der Waals surface area contributed by atoms with Crippen molar-refractivity contribution in [1.82, 2.24) is 20.5 Å². The van der Waals surface area contributed by atoms with Crippen LogP contribution in [0.2, 0.25) is 0 Å². The predicted molar refractivity (Wildman–Crippen MR) is 49.7 cm³/mol. The van der Waals surface area contributed by atoms with Crippen LogP contribution in [0.25, 0.3) is 0 Å².